The summed E-state index contributed by atoms with van der Waals surface area (Å²) < 4.78 is 7.25. The molecule has 96 valence electrons. The Hall–Kier alpha value is -2.49. The Morgan fingerprint density at radius 3 is 2.68 bits per heavy atom. The summed E-state index contributed by atoms with van der Waals surface area (Å²) >= 11 is 0. The van der Waals surface area contributed by atoms with Crippen LogP contribution in [-0.4, -0.2) is 16.7 Å². The molecule has 2 N–H and O–H groups in total. The van der Waals surface area contributed by atoms with E-state index in [2.05, 4.69) is 21.7 Å². The Labute approximate surface area is 111 Å². The summed E-state index contributed by atoms with van der Waals surface area (Å²) in [5.41, 5.74) is 9.79. The Bertz CT molecular complexity index is 701. The molecule has 19 heavy (non-hydrogen) atoms. The number of rotatable bonds is 3. The Kier molecular flexibility index (Phi) is 2.83. The highest BCUT2D eigenvalue weighted by atomic mass is 16.5. The highest BCUT2D eigenvalue weighted by Gasteiger charge is 2.03. The van der Waals surface area contributed by atoms with Gasteiger partial charge in [0.15, 0.2) is 0 Å². The first-order valence-electron chi connectivity index (χ1n) is 6.09. The molecular formula is C15H15N3O. The molecule has 0 aliphatic carbocycles. The second-order valence-electron chi connectivity index (χ2n) is 4.47. The molecule has 4 heteroatoms. The average molecular weight is 253 g/mol. The number of methoxy groups -OCH3 is 1. The first kappa shape index (κ1) is 11.6. The maximum absolute atomic E-state index is 5.83. The van der Waals surface area contributed by atoms with Crippen LogP contribution in [0.2, 0.25) is 0 Å². The number of aromatic nitrogens is 2. The lowest BCUT2D eigenvalue weighted by molar-refractivity contribution is 0.414. The number of hydrogen-bond acceptors (Lipinski definition) is 3. The van der Waals surface area contributed by atoms with Crippen LogP contribution < -0.4 is 10.5 Å². The lowest BCUT2D eigenvalue weighted by Crippen LogP contribution is -1.98. The average Bonchev–Trinajstić information content (AvgIpc) is 2.82. The molecule has 0 amide bonds. The molecule has 0 radical (unpaired) electrons. The third-order valence-electron chi connectivity index (χ3n) is 3.16. The number of nitrogens with two attached hydrogens (primary N) is 1. The van der Waals surface area contributed by atoms with Gasteiger partial charge in [0.25, 0.3) is 0 Å². The number of nitrogen functional groups attached to an aromatic ring is 1. The second kappa shape index (κ2) is 4.65. The minimum absolute atomic E-state index is 0.754. The van der Waals surface area contributed by atoms with Gasteiger partial charge < -0.3 is 15.0 Å². The molecule has 0 spiro atoms. The number of fused-ring (bicyclic) bond motifs is 1. The van der Waals surface area contributed by atoms with E-state index in [1.807, 2.05) is 36.7 Å². The van der Waals surface area contributed by atoms with Crippen LogP contribution in [0, 0.1) is 0 Å². The quantitative estimate of drug-likeness (QED) is 0.730. The minimum atomic E-state index is 0.754. The third kappa shape index (κ3) is 2.25. The van der Waals surface area contributed by atoms with Gasteiger partial charge in [-0.1, -0.05) is 12.1 Å². The van der Waals surface area contributed by atoms with E-state index in [0.717, 1.165) is 29.0 Å². The highest BCUT2D eigenvalue weighted by molar-refractivity contribution is 5.79. The fourth-order valence-electron chi connectivity index (χ4n) is 2.13. The minimum Gasteiger partial charge on any atom is -0.497 e. The van der Waals surface area contributed by atoms with Gasteiger partial charge in [-0.25, -0.2) is 4.98 Å². The molecular weight excluding hydrogens is 238 g/mol. The van der Waals surface area contributed by atoms with Crippen LogP contribution in [0.25, 0.3) is 11.0 Å². The van der Waals surface area contributed by atoms with Crippen molar-refractivity contribution in [3.8, 4) is 5.75 Å². The van der Waals surface area contributed by atoms with E-state index < -0.39 is 0 Å². The van der Waals surface area contributed by atoms with Gasteiger partial charge in [-0.2, -0.15) is 0 Å². The Balaban J connectivity index is 1.93. The number of nitrogens with zero attached hydrogens (tertiary/aromatic N) is 2. The van der Waals surface area contributed by atoms with Crippen molar-refractivity contribution < 1.29 is 4.74 Å². The van der Waals surface area contributed by atoms with Crippen molar-refractivity contribution in [3.05, 3.63) is 54.4 Å². The SMILES string of the molecule is COc1ccc(Cn2cnc3ccc(N)cc32)cc1. The number of ether oxygens (including phenoxy) is 1. The van der Waals surface area contributed by atoms with Gasteiger partial charge >= 0.3 is 0 Å². The van der Waals surface area contributed by atoms with Crippen LogP contribution in [0.5, 0.6) is 5.75 Å². The lowest BCUT2D eigenvalue weighted by atomic mass is 10.2. The summed E-state index contributed by atoms with van der Waals surface area (Å²) in [7, 11) is 1.67. The smallest absolute Gasteiger partial charge is 0.118 e. The zero-order valence-electron chi connectivity index (χ0n) is 10.7. The molecule has 3 rings (SSSR count). The summed E-state index contributed by atoms with van der Waals surface area (Å²) in [5.74, 6) is 0.864. The zero-order valence-corrected chi connectivity index (χ0v) is 10.7. The van der Waals surface area contributed by atoms with Gasteiger partial charge in [0.05, 0.1) is 24.5 Å². The molecule has 1 aromatic heterocycles. The predicted octanol–water partition coefficient (Wildman–Crippen LogP) is 2.68. The molecule has 0 saturated heterocycles. The van der Waals surface area contributed by atoms with E-state index in [1.165, 1.54) is 5.56 Å². The maximum atomic E-state index is 5.83. The number of hydrogen-bond donors (Lipinski definition) is 1. The van der Waals surface area contributed by atoms with Crippen molar-refractivity contribution in [2.24, 2.45) is 0 Å². The standard InChI is InChI=1S/C15H15N3O/c1-19-13-5-2-11(3-6-13)9-18-10-17-14-7-4-12(16)8-15(14)18/h2-8,10H,9,16H2,1H3. The van der Waals surface area contributed by atoms with Crippen LogP contribution >= 0.6 is 0 Å². The highest BCUT2D eigenvalue weighted by Crippen LogP contribution is 2.18. The van der Waals surface area contributed by atoms with E-state index in [-0.39, 0.29) is 0 Å². The lowest BCUT2D eigenvalue weighted by Gasteiger charge is -2.06. The second-order valence-corrected chi connectivity index (χ2v) is 4.47. The van der Waals surface area contributed by atoms with Crippen molar-refractivity contribution in [2.75, 3.05) is 12.8 Å². The van der Waals surface area contributed by atoms with Gasteiger partial charge in [0.1, 0.15) is 5.75 Å². The fraction of sp³-hybridized carbons (Fsp3) is 0.133. The van der Waals surface area contributed by atoms with Crippen molar-refractivity contribution in [1.29, 1.82) is 0 Å². The normalized spacial score (nSPS) is 10.8. The summed E-state index contributed by atoms with van der Waals surface area (Å²) in [6, 6.07) is 13.8. The van der Waals surface area contributed by atoms with Crippen molar-refractivity contribution >= 4 is 16.7 Å². The first-order valence-corrected chi connectivity index (χ1v) is 6.09. The van der Waals surface area contributed by atoms with E-state index in [0.29, 0.717) is 0 Å². The van der Waals surface area contributed by atoms with Crippen LogP contribution in [0.15, 0.2) is 48.8 Å². The fourth-order valence-corrected chi connectivity index (χ4v) is 2.13. The number of anilines is 1. The van der Waals surface area contributed by atoms with Gasteiger partial charge in [-0.3, -0.25) is 0 Å². The molecule has 1 heterocycles. The molecule has 4 nitrogen and oxygen atoms in total. The summed E-state index contributed by atoms with van der Waals surface area (Å²) in [6.07, 6.45) is 1.84. The topological polar surface area (TPSA) is 53.1 Å². The molecule has 0 atom stereocenters. The zero-order chi connectivity index (χ0) is 13.2. The van der Waals surface area contributed by atoms with Gasteiger partial charge in [-0.15, -0.1) is 0 Å². The molecule has 0 fully saturated rings. The van der Waals surface area contributed by atoms with E-state index in [4.69, 9.17) is 10.5 Å². The van der Waals surface area contributed by atoms with Crippen molar-refractivity contribution in [3.63, 3.8) is 0 Å². The van der Waals surface area contributed by atoms with Crippen LogP contribution in [0.1, 0.15) is 5.56 Å². The molecule has 0 aliphatic rings. The molecule has 0 aliphatic heterocycles. The van der Waals surface area contributed by atoms with E-state index in [1.54, 1.807) is 7.11 Å². The van der Waals surface area contributed by atoms with Gasteiger partial charge in [0, 0.05) is 12.2 Å². The molecule has 3 aromatic rings. The number of benzene rings is 2. The molecule has 2 aromatic carbocycles. The van der Waals surface area contributed by atoms with Crippen LogP contribution in [0.4, 0.5) is 5.69 Å². The maximum Gasteiger partial charge on any atom is 0.118 e. The van der Waals surface area contributed by atoms with Crippen molar-refractivity contribution in [2.45, 2.75) is 6.54 Å². The van der Waals surface area contributed by atoms with Gasteiger partial charge in [-0.05, 0) is 35.9 Å². The Morgan fingerprint density at radius 2 is 1.95 bits per heavy atom. The summed E-state index contributed by atoms with van der Waals surface area (Å²) in [6.45, 7) is 0.768. The van der Waals surface area contributed by atoms with Crippen LogP contribution in [-0.2, 0) is 6.54 Å². The summed E-state index contributed by atoms with van der Waals surface area (Å²) in [4.78, 5) is 4.37. The molecule has 0 unspecified atom stereocenters. The van der Waals surface area contributed by atoms with Crippen LogP contribution in [0.3, 0.4) is 0 Å². The largest absolute Gasteiger partial charge is 0.497 e. The third-order valence-corrected chi connectivity index (χ3v) is 3.16. The first-order chi connectivity index (χ1) is 9.26. The van der Waals surface area contributed by atoms with Gasteiger partial charge in [0.2, 0.25) is 0 Å². The monoisotopic (exact) mass is 253 g/mol. The van der Waals surface area contributed by atoms with E-state index in [9.17, 15) is 0 Å². The summed E-state index contributed by atoms with van der Waals surface area (Å²) in [5, 5.41) is 0. The number of imidazole rings is 1. The Morgan fingerprint density at radius 1 is 1.16 bits per heavy atom. The van der Waals surface area contributed by atoms with E-state index >= 15 is 0 Å². The molecule has 0 bridgehead atoms. The molecule has 0 saturated carbocycles. The van der Waals surface area contributed by atoms with Crippen molar-refractivity contribution in [1.82, 2.24) is 9.55 Å². The predicted molar refractivity (Wildman–Crippen MR) is 76.2 cm³/mol.